The molecule has 1 amide bonds. The molecule has 0 heterocycles. The highest BCUT2D eigenvalue weighted by atomic mass is 16.3. The number of hydrogen-bond acceptors (Lipinski definition) is 5. The molecule has 0 aliphatic heterocycles. The van der Waals surface area contributed by atoms with Crippen LogP contribution < -0.4 is 5.32 Å². The minimum Gasteiger partial charge on any atom is -0.395 e. The Morgan fingerprint density at radius 1 is 0.455 bits per heavy atom. The summed E-state index contributed by atoms with van der Waals surface area (Å²) in [5, 5.41) is 13.3. The average Bonchev–Trinajstić information content (AvgIpc) is 3.61. The van der Waals surface area contributed by atoms with Crippen molar-refractivity contribution in [3.8, 4) is 0 Å². The van der Waals surface area contributed by atoms with E-state index in [0.29, 0.717) is 23.7 Å². The van der Waals surface area contributed by atoms with E-state index < -0.39 is 0 Å². The maximum atomic E-state index is 13.3. The Morgan fingerprint density at radius 3 is 1.33 bits per heavy atom. The van der Waals surface area contributed by atoms with Crippen molar-refractivity contribution in [1.29, 1.82) is 0 Å². The number of carbonyl (C=O) groups is 2. The molecule has 0 saturated heterocycles. The molecule has 1 fully saturated rings. The van der Waals surface area contributed by atoms with E-state index in [0.717, 1.165) is 84.2 Å². The zero-order valence-corrected chi connectivity index (χ0v) is 45.5. The van der Waals surface area contributed by atoms with Gasteiger partial charge in [-0.05, 0) is 76.3 Å². The molecule has 1 rings (SSSR count). The maximum Gasteiger partial charge on any atom is 0.220 e. The number of hydrogen-bond donors (Lipinski definition) is 2. The van der Waals surface area contributed by atoms with E-state index in [1.165, 1.54) is 238 Å². The van der Waals surface area contributed by atoms with E-state index in [4.69, 9.17) is 0 Å². The van der Waals surface area contributed by atoms with Gasteiger partial charge in [-0.15, -0.1) is 0 Å². The second-order valence-electron chi connectivity index (χ2n) is 21.7. The smallest absolute Gasteiger partial charge is 0.220 e. The summed E-state index contributed by atoms with van der Waals surface area (Å²) in [7, 11) is 0. The Morgan fingerprint density at radius 2 is 0.864 bits per heavy atom. The van der Waals surface area contributed by atoms with Crippen molar-refractivity contribution in [2.75, 3.05) is 45.9 Å². The third-order valence-electron chi connectivity index (χ3n) is 15.4. The van der Waals surface area contributed by atoms with Crippen LogP contribution in [0.3, 0.4) is 0 Å². The van der Waals surface area contributed by atoms with Crippen molar-refractivity contribution in [3.05, 3.63) is 0 Å². The van der Waals surface area contributed by atoms with Crippen LogP contribution in [-0.4, -0.2) is 78.5 Å². The van der Waals surface area contributed by atoms with Crippen LogP contribution in [0, 0.1) is 11.8 Å². The Bertz CT molecular complexity index is 921. The summed E-state index contributed by atoms with van der Waals surface area (Å²) >= 11 is 0. The number of nitrogens with one attached hydrogen (secondary N) is 1. The van der Waals surface area contributed by atoms with Crippen molar-refractivity contribution in [1.82, 2.24) is 15.1 Å². The second kappa shape index (κ2) is 49.0. The highest BCUT2D eigenvalue weighted by molar-refractivity contribution is 5.78. The molecular formula is C60H119N3O3. The normalized spacial score (nSPS) is 13.8. The molecular weight excluding hydrogens is 811 g/mol. The first-order chi connectivity index (χ1) is 32.5. The van der Waals surface area contributed by atoms with Gasteiger partial charge in [-0.25, -0.2) is 0 Å². The van der Waals surface area contributed by atoms with Crippen LogP contribution in [0.2, 0.25) is 0 Å². The summed E-state index contributed by atoms with van der Waals surface area (Å²) < 4.78 is 0. The van der Waals surface area contributed by atoms with Gasteiger partial charge in [-0.3, -0.25) is 14.5 Å². The molecule has 0 aromatic rings. The van der Waals surface area contributed by atoms with Gasteiger partial charge in [0.05, 0.1) is 6.61 Å². The Kier molecular flexibility index (Phi) is 46.8. The zero-order chi connectivity index (χ0) is 47.8. The molecule has 0 aromatic carbocycles. The van der Waals surface area contributed by atoms with Crippen molar-refractivity contribution >= 4 is 11.7 Å². The predicted octanol–water partition coefficient (Wildman–Crippen LogP) is 17.1. The highest BCUT2D eigenvalue weighted by Crippen LogP contribution is 2.26. The highest BCUT2D eigenvalue weighted by Gasteiger charge is 2.21. The van der Waals surface area contributed by atoms with E-state index in [9.17, 15) is 14.7 Å². The number of Topliss-reactive ketones (excluding diaryl/α,β-unsaturated/α-hetero) is 1. The number of rotatable bonds is 51. The fourth-order valence-corrected chi connectivity index (χ4v) is 11.0. The fourth-order valence-electron chi connectivity index (χ4n) is 11.0. The molecule has 1 aliphatic rings. The van der Waals surface area contributed by atoms with E-state index >= 15 is 0 Å². The molecule has 0 spiro atoms. The van der Waals surface area contributed by atoms with Gasteiger partial charge >= 0.3 is 0 Å². The summed E-state index contributed by atoms with van der Waals surface area (Å²) in [6.45, 7) is 15.4. The lowest BCUT2D eigenvalue weighted by molar-refractivity contribution is -0.122. The zero-order valence-electron chi connectivity index (χ0n) is 45.5. The maximum absolute atomic E-state index is 13.3. The predicted molar refractivity (Wildman–Crippen MR) is 290 cm³/mol. The van der Waals surface area contributed by atoms with Gasteiger partial charge in [-0.1, -0.05) is 240 Å². The monoisotopic (exact) mass is 930 g/mol. The van der Waals surface area contributed by atoms with Crippen LogP contribution in [-0.2, 0) is 9.59 Å². The largest absolute Gasteiger partial charge is 0.395 e. The summed E-state index contributed by atoms with van der Waals surface area (Å²) in [6.07, 6.45) is 55.3. The van der Waals surface area contributed by atoms with Crippen LogP contribution in [0.25, 0.3) is 0 Å². The summed E-state index contributed by atoms with van der Waals surface area (Å²) in [4.78, 5) is 31.7. The number of aliphatic hydroxyl groups is 1. The van der Waals surface area contributed by atoms with Crippen LogP contribution >= 0.6 is 0 Å². The molecule has 0 atom stereocenters. The van der Waals surface area contributed by atoms with E-state index in [-0.39, 0.29) is 12.5 Å². The minimum absolute atomic E-state index is 0.249. The second-order valence-corrected chi connectivity index (χ2v) is 21.7. The third kappa shape index (κ3) is 39.8. The lowest BCUT2D eigenvalue weighted by atomic mass is 9.89. The van der Waals surface area contributed by atoms with E-state index in [1.54, 1.807) is 0 Å². The van der Waals surface area contributed by atoms with Gasteiger partial charge in [0.15, 0.2) is 0 Å². The summed E-state index contributed by atoms with van der Waals surface area (Å²) in [5.74, 6) is 1.96. The molecule has 1 aliphatic carbocycles. The van der Waals surface area contributed by atoms with Gasteiger partial charge in [0.25, 0.3) is 0 Å². The number of ketones is 1. The molecule has 0 radical (unpaired) electrons. The van der Waals surface area contributed by atoms with Crippen LogP contribution in [0.1, 0.15) is 310 Å². The summed E-state index contributed by atoms with van der Waals surface area (Å²) in [6, 6.07) is 0.620. The first-order valence-corrected chi connectivity index (χ1v) is 30.3. The molecule has 0 bridgehead atoms. The topological polar surface area (TPSA) is 72.9 Å². The minimum atomic E-state index is 0.249. The first-order valence-electron chi connectivity index (χ1n) is 30.3. The number of nitrogens with zero attached hydrogens (tertiary/aromatic N) is 2. The Labute approximate surface area is 413 Å². The van der Waals surface area contributed by atoms with Gasteiger partial charge in [0, 0.05) is 51.5 Å². The quantitative estimate of drug-likeness (QED) is 0.0470. The lowest BCUT2D eigenvalue weighted by Gasteiger charge is -2.33. The van der Waals surface area contributed by atoms with Crippen LogP contribution in [0.5, 0.6) is 0 Å². The molecule has 66 heavy (non-hydrogen) atoms. The summed E-state index contributed by atoms with van der Waals surface area (Å²) in [5.41, 5.74) is 0. The lowest BCUT2D eigenvalue weighted by Crippen LogP contribution is -2.43. The molecule has 0 unspecified atom stereocenters. The number of amides is 1. The molecule has 6 nitrogen and oxygen atoms in total. The average molecular weight is 931 g/mol. The molecule has 392 valence electrons. The van der Waals surface area contributed by atoms with Crippen molar-refractivity contribution in [2.45, 2.75) is 316 Å². The van der Waals surface area contributed by atoms with Gasteiger partial charge in [0.2, 0.25) is 5.91 Å². The third-order valence-corrected chi connectivity index (χ3v) is 15.4. The molecule has 2 N–H and O–H groups in total. The number of unbranched alkanes of at least 4 members (excludes halogenated alkanes) is 25. The first kappa shape index (κ1) is 63.0. The standard InChI is InChI=1S/C60H119N3O3/c1-5-9-13-17-21-30-40-56(41-31-22-18-14-10-6-2)54-59(65)46-36-27-28-38-48-62(50-51-63(52-53-64)58-44-34-25-26-35-45-58)49-39-29-37-47-61-60(66)55-57(42-32-23-19-15-11-7-3)43-33-24-20-16-12-8-4/h56-58,64H,5-55H2,1-4H3,(H,61,66). The fraction of sp³-hybridized carbons (Fsp3) is 0.967. The van der Waals surface area contributed by atoms with Gasteiger partial charge in [-0.2, -0.15) is 0 Å². The van der Waals surface area contributed by atoms with E-state index in [2.05, 4.69) is 42.8 Å². The Hall–Kier alpha value is -0.980. The van der Waals surface area contributed by atoms with Crippen LogP contribution in [0.4, 0.5) is 0 Å². The number of aliphatic hydroxyl groups excluding tert-OH is 1. The molecule has 0 aromatic heterocycles. The molecule has 1 saturated carbocycles. The number of carbonyl (C=O) groups excluding carboxylic acids is 2. The van der Waals surface area contributed by atoms with E-state index in [1.807, 2.05) is 0 Å². The van der Waals surface area contributed by atoms with Crippen molar-refractivity contribution in [2.24, 2.45) is 11.8 Å². The van der Waals surface area contributed by atoms with Crippen molar-refractivity contribution in [3.63, 3.8) is 0 Å². The Balaban J connectivity index is 2.60. The van der Waals surface area contributed by atoms with Crippen molar-refractivity contribution < 1.29 is 14.7 Å². The van der Waals surface area contributed by atoms with Gasteiger partial charge < -0.3 is 15.3 Å². The SMILES string of the molecule is CCCCCCCCC(CCCCCCCC)CC(=O)CCCCCCN(CCCCCNC(=O)CC(CCCCCCCC)CCCCCCCC)CCN(CCO)C1CCCCCC1. The molecule has 6 heteroatoms. The van der Waals surface area contributed by atoms with Gasteiger partial charge in [0.1, 0.15) is 5.78 Å². The van der Waals surface area contributed by atoms with Crippen LogP contribution in [0.15, 0.2) is 0 Å².